The van der Waals surface area contributed by atoms with Gasteiger partial charge in [0.05, 0.1) is 0 Å². The van der Waals surface area contributed by atoms with Gasteiger partial charge in [-0.05, 0) is 59.8 Å². The normalized spacial score (nSPS) is 13.1. The molecule has 136 valence electrons. The van der Waals surface area contributed by atoms with Crippen molar-refractivity contribution in [1.29, 1.82) is 0 Å². The van der Waals surface area contributed by atoms with E-state index in [9.17, 15) is 18.8 Å². The number of thiophene rings is 1. The van der Waals surface area contributed by atoms with Gasteiger partial charge in [0, 0.05) is 22.4 Å². The summed E-state index contributed by atoms with van der Waals surface area (Å²) >= 11 is 1.19. The average Bonchev–Trinajstić information content (AvgIpc) is 3.08. The van der Waals surface area contributed by atoms with Crippen LogP contribution in [0.1, 0.15) is 32.0 Å². The van der Waals surface area contributed by atoms with E-state index in [1.54, 1.807) is 30.3 Å². The molecule has 0 atom stereocenters. The van der Waals surface area contributed by atoms with Crippen LogP contribution in [-0.2, 0) is 16.0 Å². The largest absolute Gasteiger partial charge is 0.453 e. The molecule has 2 heterocycles. The van der Waals surface area contributed by atoms with E-state index in [0.717, 1.165) is 10.3 Å². The van der Waals surface area contributed by atoms with Crippen LogP contribution in [0.15, 0.2) is 42.5 Å². The molecule has 5 nitrogen and oxygen atoms in total. The fraction of sp³-hybridized carbons (Fsp3) is 0.150. The maximum Gasteiger partial charge on any atom is 0.348 e. The highest BCUT2D eigenvalue weighted by Crippen LogP contribution is 2.27. The number of carbonyl (C=O) groups excluding carboxylic acids is 3. The summed E-state index contributed by atoms with van der Waals surface area (Å²) in [6.45, 7) is -0.382. The number of anilines is 1. The first-order valence-corrected chi connectivity index (χ1v) is 9.13. The van der Waals surface area contributed by atoms with Gasteiger partial charge in [-0.2, -0.15) is 0 Å². The van der Waals surface area contributed by atoms with Crippen molar-refractivity contribution in [3.8, 4) is 0 Å². The Bertz CT molecular complexity index is 1090. The molecule has 0 bridgehead atoms. The maximum atomic E-state index is 13.3. The average molecular weight is 383 g/mol. The lowest BCUT2D eigenvalue weighted by atomic mass is 9.99. The molecule has 1 N–H and O–H groups in total. The molecule has 2 aromatic carbocycles. The van der Waals surface area contributed by atoms with Gasteiger partial charge in [-0.15, -0.1) is 11.3 Å². The van der Waals surface area contributed by atoms with Crippen LogP contribution in [-0.4, -0.2) is 24.3 Å². The third-order valence-electron chi connectivity index (χ3n) is 4.34. The van der Waals surface area contributed by atoms with Gasteiger partial charge in [-0.3, -0.25) is 9.59 Å². The number of aryl methyl sites for hydroxylation is 1. The first kappa shape index (κ1) is 17.4. The summed E-state index contributed by atoms with van der Waals surface area (Å²) in [5, 5.41) is 3.37. The van der Waals surface area contributed by atoms with E-state index in [1.807, 2.05) is 0 Å². The van der Waals surface area contributed by atoms with Gasteiger partial charge in [0.1, 0.15) is 10.7 Å². The summed E-state index contributed by atoms with van der Waals surface area (Å²) < 4.78 is 19.1. The van der Waals surface area contributed by atoms with Gasteiger partial charge in [0.15, 0.2) is 12.4 Å². The van der Waals surface area contributed by atoms with Crippen molar-refractivity contribution in [2.75, 3.05) is 11.9 Å². The van der Waals surface area contributed by atoms with E-state index in [2.05, 4.69) is 5.32 Å². The lowest BCUT2D eigenvalue weighted by Gasteiger charge is -2.17. The summed E-state index contributed by atoms with van der Waals surface area (Å²) in [7, 11) is 0. The number of esters is 1. The molecule has 0 spiro atoms. The quantitative estimate of drug-likeness (QED) is 0.547. The Morgan fingerprint density at radius 3 is 2.81 bits per heavy atom. The number of halogens is 1. The molecule has 0 saturated heterocycles. The molecule has 0 saturated carbocycles. The highest BCUT2D eigenvalue weighted by Gasteiger charge is 2.18. The Morgan fingerprint density at radius 2 is 1.96 bits per heavy atom. The van der Waals surface area contributed by atoms with Crippen molar-refractivity contribution in [3.05, 3.63) is 64.3 Å². The van der Waals surface area contributed by atoms with E-state index >= 15 is 0 Å². The van der Waals surface area contributed by atoms with Crippen LogP contribution in [0, 0.1) is 5.82 Å². The third kappa shape index (κ3) is 3.59. The molecule has 0 unspecified atom stereocenters. The monoisotopic (exact) mass is 383 g/mol. The Hall–Kier alpha value is -3.06. The van der Waals surface area contributed by atoms with Crippen molar-refractivity contribution < 1.29 is 23.5 Å². The van der Waals surface area contributed by atoms with Crippen molar-refractivity contribution in [2.45, 2.75) is 12.8 Å². The number of ether oxygens (including phenoxy) is 1. The van der Waals surface area contributed by atoms with Crippen molar-refractivity contribution in [1.82, 2.24) is 0 Å². The standard InChI is InChI=1S/C20H14FNO4S/c21-14-3-5-17-13(8-14)9-18(27-17)20(25)26-10-16(23)12-1-4-15-11(7-12)2-6-19(24)22-15/h1,3-5,7-9H,2,6,10H2,(H,22,24). The molecule has 0 fully saturated rings. The number of hydrogen-bond donors (Lipinski definition) is 1. The minimum atomic E-state index is -0.616. The number of fused-ring (bicyclic) bond motifs is 2. The lowest BCUT2D eigenvalue weighted by molar-refractivity contribution is -0.116. The van der Waals surface area contributed by atoms with Gasteiger partial charge in [0.2, 0.25) is 5.91 Å². The second-order valence-electron chi connectivity index (χ2n) is 6.21. The van der Waals surface area contributed by atoms with E-state index < -0.39 is 5.97 Å². The Balaban J connectivity index is 1.44. The number of ketones is 1. The minimum Gasteiger partial charge on any atom is -0.453 e. The predicted octanol–water partition coefficient (Wildman–Crippen LogP) is 3.96. The van der Waals surface area contributed by atoms with Crippen LogP contribution in [0.5, 0.6) is 0 Å². The smallest absolute Gasteiger partial charge is 0.348 e. The number of carbonyl (C=O) groups is 3. The molecular formula is C20H14FNO4S. The zero-order valence-corrected chi connectivity index (χ0v) is 14.9. The molecule has 1 amide bonds. The Labute approximate surface area is 157 Å². The summed E-state index contributed by atoms with van der Waals surface area (Å²) in [5.41, 5.74) is 2.02. The molecule has 4 rings (SSSR count). The van der Waals surface area contributed by atoms with Gasteiger partial charge in [-0.25, -0.2) is 9.18 Å². The first-order valence-electron chi connectivity index (χ1n) is 8.32. The molecule has 0 radical (unpaired) electrons. The third-order valence-corrected chi connectivity index (χ3v) is 5.43. The van der Waals surface area contributed by atoms with Crippen LogP contribution in [0.2, 0.25) is 0 Å². The zero-order valence-electron chi connectivity index (χ0n) is 14.1. The molecule has 1 aromatic heterocycles. The second-order valence-corrected chi connectivity index (χ2v) is 7.30. The zero-order chi connectivity index (χ0) is 19.0. The van der Waals surface area contributed by atoms with E-state index in [-0.39, 0.29) is 24.1 Å². The fourth-order valence-electron chi connectivity index (χ4n) is 2.96. The number of benzene rings is 2. The number of amides is 1. The molecule has 27 heavy (non-hydrogen) atoms. The molecule has 1 aliphatic heterocycles. The molecule has 3 aromatic rings. The van der Waals surface area contributed by atoms with Crippen molar-refractivity contribution >= 4 is 44.8 Å². The summed E-state index contributed by atoms with van der Waals surface area (Å²) in [5.74, 6) is -1.36. The second kappa shape index (κ2) is 6.92. The molecule has 0 aliphatic carbocycles. The van der Waals surface area contributed by atoms with Gasteiger partial charge in [0.25, 0.3) is 0 Å². The predicted molar refractivity (Wildman–Crippen MR) is 99.8 cm³/mol. The Morgan fingerprint density at radius 1 is 1.11 bits per heavy atom. The van der Waals surface area contributed by atoms with Crippen LogP contribution < -0.4 is 5.32 Å². The fourth-order valence-corrected chi connectivity index (χ4v) is 3.89. The number of hydrogen-bond acceptors (Lipinski definition) is 5. The maximum absolute atomic E-state index is 13.3. The molecular weight excluding hydrogens is 369 g/mol. The lowest BCUT2D eigenvalue weighted by Crippen LogP contribution is -2.20. The molecule has 1 aliphatic rings. The van der Waals surface area contributed by atoms with E-state index in [1.165, 1.54) is 23.5 Å². The van der Waals surface area contributed by atoms with Crippen LogP contribution in [0.25, 0.3) is 10.1 Å². The van der Waals surface area contributed by atoms with Crippen molar-refractivity contribution in [3.63, 3.8) is 0 Å². The van der Waals surface area contributed by atoms with Crippen LogP contribution in [0.3, 0.4) is 0 Å². The van der Waals surface area contributed by atoms with Crippen LogP contribution >= 0.6 is 11.3 Å². The molecule has 7 heteroatoms. The first-order chi connectivity index (χ1) is 13.0. The SMILES string of the molecule is O=C1CCc2cc(C(=O)COC(=O)c3cc4cc(F)ccc4s3)ccc2N1. The highest BCUT2D eigenvalue weighted by atomic mass is 32.1. The summed E-state index contributed by atoms with van der Waals surface area (Å²) in [4.78, 5) is 36.2. The van der Waals surface area contributed by atoms with Gasteiger partial charge in [-0.1, -0.05) is 0 Å². The number of Topliss-reactive ketones (excluding diaryl/α,β-unsaturated/α-hetero) is 1. The minimum absolute atomic E-state index is 0.0428. The van der Waals surface area contributed by atoms with Gasteiger partial charge < -0.3 is 10.1 Å². The van der Waals surface area contributed by atoms with E-state index in [4.69, 9.17) is 4.74 Å². The number of rotatable bonds is 4. The van der Waals surface area contributed by atoms with Gasteiger partial charge >= 0.3 is 5.97 Å². The Kier molecular flexibility index (Phi) is 4.45. The number of nitrogens with one attached hydrogen (secondary N) is 1. The topological polar surface area (TPSA) is 72.5 Å². The summed E-state index contributed by atoms with van der Waals surface area (Å²) in [6, 6.07) is 10.8. The summed E-state index contributed by atoms with van der Waals surface area (Å²) in [6.07, 6.45) is 0.951. The highest BCUT2D eigenvalue weighted by molar-refractivity contribution is 7.20. The van der Waals surface area contributed by atoms with Crippen LogP contribution in [0.4, 0.5) is 10.1 Å². The van der Waals surface area contributed by atoms with Crippen molar-refractivity contribution in [2.24, 2.45) is 0 Å². The van der Waals surface area contributed by atoms with E-state index in [0.29, 0.717) is 34.4 Å².